The van der Waals surface area contributed by atoms with Gasteiger partial charge in [0, 0.05) is 11.4 Å². The second kappa shape index (κ2) is 23.4. The average molecular weight is 676 g/mol. The van der Waals surface area contributed by atoms with Crippen LogP contribution >= 0.6 is 20.2 Å². The van der Waals surface area contributed by atoms with E-state index in [9.17, 15) is 0 Å². The van der Waals surface area contributed by atoms with E-state index < -0.39 is 0 Å². The van der Waals surface area contributed by atoms with Crippen molar-refractivity contribution < 1.29 is 13.1 Å². The number of fused-ring (bicyclic) bond motifs is 4. The van der Waals surface area contributed by atoms with Crippen molar-refractivity contribution in [1.82, 2.24) is 4.98 Å². The molecule has 2 aliphatic carbocycles. The summed E-state index contributed by atoms with van der Waals surface area (Å²) in [5, 5.41) is 20.6. The molecule has 4 rings (SSSR count). The molecule has 2 fully saturated rings. The summed E-state index contributed by atoms with van der Waals surface area (Å²) in [6, 6.07) is 6.17. The summed E-state index contributed by atoms with van der Waals surface area (Å²) in [5.41, 5.74) is 3.73. The van der Waals surface area contributed by atoms with Gasteiger partial charge in [0.1, 0.15) is 0 Å². The molecule has 2 bridgehead atoms. The van der Waals surface area contributed by atoms with Gasteiger partial charge in [-0.25, -0.2) is 0 Å². The van der Waals surface area contributed by atoms with E-state index in [0.717, 1.165) is 37.6 Å². The van der Waals surface area contributed by atoms with Crippen LogP contribution in [0.4, 0.5) is 0 Å². The first kappa shape index (κ1) is 37.5. The summed E-state index contributed by atoms with van der Waals surface area (Å²) in [6.07, 6.45) is 25.1. The molecule has 2 saturated carbocycles. The number of halogens is 2. The van der Waals surface area contributed by atoms with E-state index in [-0.39, 0.29) is 13.1 Å². The van der Waals surface area contributed by atoms with Crippen LogP contribution in [0.25, 0.3) is 21.3 Å². The number of aromatic nitrogens is 1. The number of rotatable bonds is 12. The molecule has 1 aromatic heterocycles. The Morgan fingerprint density at radius 3 is 1.51 bits per heavy atom. The first-order valence-corrected chi connectivity index (χ1v) is 20.9. The molecule has 0 aromatic carbocycles. The van der Waals surface area contributed by atoms with Crippen LogP contribution < -0.4 is 0 Å². The normalized spacial score (nSPS) is 25.7. The van der Waals surface area contributed by atoms with E-state index in [2.05, 4.69) is 26.0 Å². The first-order valence-electron chi connectivity index (χ1n) is 17.7. The number of hydrogen-bond donors (Lipinski definition) is 0. The van der Waals surface area contributed by atoms with Crippen molar-refractivity contribution in [2.75, 3.05) is 13.1 Å². The van der Waals surface area contributed by atoms with Crippen molar-refractivity contribution in [3.8, 4) is 0 Å². The quantitative estimate of drug-likeness (QED) is 0.161. The third-order valence-electron chi connectivity index (χ3n) is 9.70. The van der Waals surface area contributed by atoms with Crippen LogP contribution in [0.15, 0.2) is 12.1 Å². The third-order valence-corrected chi connectivity index (χ3v) is 9.70. The van der Waals surface area contributed by atoms with Crippen molar-refractivity contribution in [1.29, 1.82) is 0 Å². The van der Waals surface area contributed by atoms with E-state index in [1.54, 1.807) is 0 Å². The SMILES string of the molecule is CCCCCCCCCCCCC(C)c1cc2nc(c1)C[N-][C@@H]1CCCC[C@H]1[N-]CC[N-]C1CCCC[C@H]1[N-]C2.[Cl][Mn][Cl]. The Kier molecular flexibility index (Phi) is 20.4. The van der Waals surface area contributed by atoms with Crippen LogP contribution in [0.2, 0.25) is 0 Å². The van der Waals surface area contributed by atoms with E-state index in [0.29, 0.717) is 30.1 Å². The summed E-state index contributed by atoms with van der Waals surface area (Å²) in [7, 11) is 9.59. The van der Waals surface area contributed by atoms with Crippen molar-refractivity contribution in [3.05, 3.63) is 50.4 Å². The van der Waals surface area contributed by atoms with Gasteiger partial charge in [0.05, 0.1) is 0 Å². The molecule has 5 atom stereocenters. The molecule has 0 spiro atoms. The number of pyridine rings is 1. The van der Waals surface area contributed by atoms with Gasteiger partial charge in [0.2, 0.25) is 0 Å². The molecule has 0 amide bonds. The van der Waals surface area contributed by atoms with Crippen molar-refractivity contribution in [3.63, 3.8) is 0 Å². The Bertz CT molecular complexity index is 798. The fourth-order valence-corrected chi connectivity index (χ4v) is 7.13. The van der Waals surface area contributed by atoms with Gasteiger partial charge < -0.3 is 21.3 Å². The fraction of sp³-hybridized carbons (Fsp3) is 0.857. The van der Waals surface area contributed by atoms with Gasteiger partial charge in [-0.2, -0.15) is 37.3 Å². The molecule has 1 aromatic rings. The molecule has 5 nitrogen and oxygen atoms in total. The minimum atomic E-state index is 0.00694. The number of nitrogens with zero attached hydrogens (tertiary/aromatic N) is 5. The van der Waals surface area contributed by atoms with Crippen LogP contribution in [-0.2, 0) is 26.2 Å². The van der Waals surface area contributed by atoms with Gasteiger partial charge in [0.25, 0.3) is 0 Å². The van der Waals surface area contributed by atoms with E-state index in [1.807, 2.05) is 0 Å². The van der Waals surface area contributed by atoms with Crippen LogP contribution in [-0.4, -0.2) is 42.2 Å². The first-order chi connectivity index (χ1) is 21.1. The summed E-state index contributed by atoms with van der Waals surface area (Å²) in [6.45, 7) is 7.86. The zero-order valence-corrected chi connectivity index (χ0v) is 29.9. The van der Waals surface area contributed by atoms with Crippen molar-refractivity contribution in [2.24, 2.45) is 0 Å². The minimum absolute atomic E-state index is 0.00694. The summed E-state index contributed by atoms with van der Waals surface area (Å²) >= 11 is 0.00694. The molecular formula is C35H59Cl2MnN5-4. The van der Waals surface area contributed by atoms with Gasteiger partial charge >= 0.3 is 33.3 Å². The van der Waals surface area contributed by atoms with Crippen molar-refractivity contribution in [2.45, 2.75) is 179 Å². The second-order valence-electron chi connectivity index (χ2n) is 13.1. The second-order valence-corrected chi connectivity index (χ2v) is 15.1. The van der Waals surface area contributed by atoms with Gasteiger partial charge in [0.15, 0.2) is 0 Å². The van der Waals surface area contributed by atoms with E-state index in [4.69, 9.17) is 46.4 Å². The summed E-state index contributed by atoms with van der Waals surface area (Å²) in [4.78, 5) is 5.11. The number of unbranched alkanes of at least 4 members (excludes halogenated alkanes) is 9. The Morgan fingerprint density at radius 1 is 0.674 bits per heavy atom. The monoisotopic (exact) mass is 674 g/mol. The topological polar surface area (TPSA) is 69.3 Å². The van der Waals surface area contributed by atoms with Gasteiger partial charge in [-0.05, 0) is 30.0 Å². The Hall–Kier alpha value is 0.0895. The molecule has 8 heteroatoms. The third kappa shape index (κ3) is 15.0. The molecule has 0 saturated heterocycles. The average Bonchev–Trinajstić information content (AvgIpc) is 3.03. The number of hydrogen-bond acceptors (Lipinski definition) is 1. The molecule has 3 aliphatic rings. The summed E-state index contributed by atoms with van der Waals surface area (Å²) < 4.78 is 0. The predicted octanol–water partition coefficient (Wildman–Crippen LogP) is 12.0. The van der Waals surface area contributed by atoms with Gasteiger partial charge in [-0.15, -0.1) is 13.1 Å². The van der Waals surface area contributed by atoms with Crippen LogP contribution in [0.1, 0.15) is 159 Å². The molecule has 1 aliphatic heterocycles. The van der Waals surface area contributed by atoms with Crippen LogP contribution in [0, 0.1) is 0 Å². The molecule has 2 unspecified atom stereocenters. The van der Waals surface area contributed by atoms with Crippen molar-refractivity contribution >= 4 is 20.2 Å². The van der Waals surface area contributed by atoms with E-state index in [1.165, 1.54) is 128 Å². The maximum absolute atomic E-state index is 5.21. The van der Waals surface area contributed by atoms with Crippen LogP contribution in [0.3, 0.4) is 0 Å². The molecule has 43 heavy (non-hydrogen) atoms. The Morgan fingerprint density at radius 2 is 1.07 bits per heavy atom. The summed E-state index contributed by atoms with van der Waals surface area (Å²) in [5.74, 6) is 0.562. The Balaban J connectivity index is 0.00000162. The Labute approximate surface area is 279 Å². The van der Waals surface area contributed by atoms with Crippen LogP contribution in [0.5, 0.6) is 0 Å². The standard InChI is InChI=1S/C35H59N5.2ClH.Mn/c1-3-4-5-6-7-8-9-10-11-12-17-28(2)29-24-30-26-38-34-20-15-13-18-32(34)36-22-23-37-33-19-14-16-21-35(33)39-27-31(25-29)40-30;;;/h24-25,28,32-35H,3-23,26-27H2,1-2H3;2*1H;/q-4;;;+2/p-2/t28?,32-,33?,34-,35-;;;/m1.../s1. The molecule has 249 valence electrons. The molecule has 0 N–H and O–H groups in total. The van der Waals surface area contributed by atoms with E-state index >= 15 is 0 Å². The zero-order valence-electron chi connectivity index (χ0n) is 27.2. The zero-order chi connectivity index (χ0) is 30.5. The molecule has 2 heterocycles. The van der Waals surface area contributed by atoms with Gasteiger partial charge in [-0.3, -0.25) is 4.98 Å². The molecular weight excluding hydrogens is 616 g/mol. The maximum atomic E-state index is 5.21. The fourth-order valence-electron chi connectivity index (χ4n) is 7.13. The van der Waals surface area contributed by atoms with Gasteiger partial charge in [-0.1, -0.05) is 129 Å². The predicted molar refractivity (Wildman–Crippen MR) is 183 cm³/mol. The molecule has 0 radical (unpaired) electrons.